The van der Waals surface area contributed by atoms with Crippen LogP contribution in [0.5, 0.6) is 0 Å². The first-order valence-corrected chi connectivity index (χ1v) is 9.81. The van der Waals surface area contributed by atoms with E-state index in [2.05, 4.69) is 0 Å². The summed E-state index contributed by atoms with van der Waals surface area (Å²) in [6.45, 7) is 0. The Labute approximate surface area is 97.4 Å². The molecule has 0 rings (SSSR count). The minimum absolute atomic E-state index is 0. The van der Waals surface area contributed by atoms with E-state index in [-0.39, 0.29) is 6.90 Å². The maximum atomic E-state index is 8.58. The second-order valence-electron chi connectivity index (χ2n) is 0.614. The van der Waals surface area contributed by atoms with Gasteiger partial charge in [0.05, 0.1) is 0 Å². The van der Waals surface area contributed by atoms with Crippen molar-refractivity contribution in [2.24, 2.45) is 0 Å². The molecule has 0 aromatic heterocycles. The summed E-state index contributed by atoms with van der Waals surface area (Å²) in [7, 11) is -5.39. The number of hydrogen-bond acceptors (Lipinski definition) is 8. The molecular weight excluding hydrogens is 651 g/mol. The van der Waals surface area contributed by atoms with Crippen LogP contribution >= 0.6 is 7.82 Å². The molecule has 0 saturated heterocycles. The van der Waals surface area contributed by atoms with E-state index in [1.54, 1.807) is 0 Å². The Balaban J connectivity index is -0.0000000240. The summed E-state index contributed by atoms with van der Waals surface area (Å²) >= 11 is -5.01. The van der Waals surface area contributed by atoms with E-state index in [9.17, 15) is 0 Å². The normalized spacial score (nSPS) is 6.25. The van der Waals surface area contributed by atoms with Gasteiger partial charge in [-0.2, -0.15) is 7.82 Å². The Morgan fingerprint density at radius 3 is 0.917 bits per heavy atom. The summed E-state index contributed by atoms with van der Waals surface area (Å²) in [5.41, 5.74) is 0. The fraction of sp³-hybridized carbons (Fsp3) is 0. The van der Waals surface area contributed by atoms with Gasteiger partial charge in [-0.15, -0.1) is 0 Å². The Morgan fingerprint density at radius 2 is 0.917 bits per heavy atom. The number of hydrogen-bond donors (Lipinski definition) is 0. The molecular formula is H3O9PU2. The molecule has 0 radical (unpaired) electrons. The minimum atomic E-state index is -5.39. The van der Waals surface area contributed by atoms with Gasteiger partial charge in [0.25, 0.3) is 0 Å². The van der Waals surface area contributed by atoms with E-state index in [1.807, 2.05) is 0 Å². The maximum absolute atomic E-state index is 8.58. The van der Waals surface area contributed by atoms with Gasteiger partial charge in [0.2, 0.25) is 0 Å². The van der Waals surface area contributed by atoms with Gasteiger partial charge in [-0.3, -0.25) is 0 Å². The van der Waals surface area contributed by atoms with E-state index in [1.165, 1.54) is 0 Å². The van der Waals surface area contributed by atoms with E-state index < -0.39 is 63.5 Å². The van der Waals surface area contributed by atoms with Gasteiger partial charge in [0.1, 0.15) is 0 Å². The van der Waals surface area contributed by atoms with Crippen LogP contribution in [-0.4, -0.2) is 5.48 Å². The van der Waals surface area contributed by atoms with Crippen molar-refractivity contribution in [2.75, 3.05) is 0 Å². The van der Waals surface area contributed by atoms with Crippen LogP contribution in [0.25, 0.3) is 0 Å². The summed E-state index contributed by atoms with van der Waals surface area (Å²) in [5, 5.41) is 0. The Morgan fingerprint density at radius 1 is 0.917 bits per heavy atom. The van der Waals surface area contributed by atoms with Crippen molar-refractivity contribution in [3.63, 3.8) is 0 Å². The molecule has 0 saturated carbocycles. The first-order chi connectivity index (χ1) is 4.83. The topological polar surface area (TPSA) is 186 Å². The number of phosphoric acid groups is 1. The summed E-state index contributed by atoms with van der Waals surface area (Å²) in [4.78, 5) is 25.6. The molecule has 0 fully saturated rings. The number of rotatable bonds is 0. The van der Waals surface area contributed by atoms with Crippen molar-refractivity contribution in [1.82, 2.24) is 0 Å². The monoisotopic (exact) mass is 654 g/mol. The van der Waals surface area contributed by atoms with Crippen molar-refractivity contribution >= 4 is 7.82 Å². The molecule has 0 atom stereocenters. The third-order valence-electron chi connectivity index (χ3n) is 0. The Hall–Kier alpha value is 1.37. The molecule has 0 aromatic carbocycles. The van der Waals surface area contributed by atoms with Crippen LogP contribution in [0.4, 0.5) is 0 Å². The molecule has 70 valence electrons. The van der Waals surface area contributed by atoms with E-state index in [4.69, 9.17) is 28.2 Å². The second kappa shape index (κ2) is 18.2. The van der Waals surface area contributed by atoms with E-state index >= 15 is 0 Å². The van der Waals surface area contributed by atoms with Gasteiger partial charge < -0.3 is 26.1 Å². The summed E-state index contributed by atoms with van der Waals surface area (Å²) < 4.78 is 42.9. The molecule has 0 heterocycles. The van der Waals surface area contributed by atoms with Crippen molar-refractivity contribution in [3.8, 4) is 0 Å². The summed E-state index contributed by atoms with van der Waals surface area (Å²) in [5.74, 6) is 0. The predicted molar refractivity (Wildman–Crippen MR) is 15.1 cm³/mol. The molecule has 0 unspecified atom stereocenters. The Kier molecular flexibility index (Phi) is 35.4. The standard InChI is InChI=1S/H3O4P.H2O.4O.2U.H/c1-5(2,3)4;;;;;;;;/h(H3,1,2,3,4);1H2;;;;;;;/q;;;;;;2*+2;-1/p-3. The van der Waals surface area contributed by atoms with Crippen molar-refractivity contribution in [1.29, 1.82) is 0 Å². The first-order valence-electron chi connectivity index (χ1n) is 1.55. The molecule has 12 heavy (non-hydrogen) atoms. The van der Waals surface area contributed by atoms with Crippen LogP contribution < -0.4 is 14.7 Å². The summed E-state index contributed by atoms with van der Waals surface area (Å²) in [6.07, 6.45) is 0. The third kappa shape index (κ3) is 648. The SMILES string of the molecule is O.O=P([O-])([O-])[O-].[H-].[O]=[U+2]=[O].[O]=[U+2]=[O]. The van der Waals surface area contributed by atoms with Gasteiger partial charge in [-0.1, -0.05) is 0 Å². The Bertz CT molecular complexity index is 162. The van der Waals surface area contributed by atoms with Crippen LogP contribution in [0.15, 0.2) is 0 Å². The van der Waals surface area contributed by atoms with Crippen LogP contribution in [0.2, 0.25) is 0 Å². The zero-order valence-corrected chi connectivity index (χ0v) is 14.4. The van der Waals surface area contributed by atoms with Crippen LogP contribution in [-0.2, 0) is 13.5 Å². The first kappa shape index (κ1) is 23.3. The van der Waals surface area contributed by atoms with Crippen LogP contribution in [0, 0.1) is 55.6 Å². The molecule has 2 N–H and O–H groups in total. The zero-order chi connectivity index (χ0) is 9.91. The van der Waals surface area contributed by atoms with Gasteiger partial charge in [-0.05, 0) is 0 Å². The fourth-order valence-corrected chi connectivity index (χ4v) is 0. The van der Waals surface area contributed by atoms with Gasteiger partial charge >= 0.3 is 64.6 Å². The van der Waals surface area contributed by atoms with Crippen molar-refractivity contribution in [3.05, 3.63) is 0 Å². The molecule has 12 heteroatoms. The third-order valence-corrected chi connectivity index (χ3v) is 0. The zero-order valence-electron chi connectivity index (χ0n) is 6.21. The molecule has 0 aliphatic rings. The van der Waals surface area contributed by atoms with Crippen molar-refractivity contribution < 1.29 is 90.7 Å². The molecule has 0 aromatic rings. The van der Waals surface area contributed by atoms with E-state index in [0.29, 0.717) is 0 Å². The van der Waals surface area contributed by atoms with Gasteiger partial charge in [0.15, 0.2) is 0 Å². The van der Waals surface area contributed by atoms with Crippen LogP contribution in [0.1, 0.15) is 1.43 Å². The van der Waals surface area contributed by atoms with Crippen LogP contribution in [0.3, 0.4) is 0 Å². The average Bonchev–Trinajstić information content (AvgIpc) is 1.62. The van der Waals surface area contributed by atoms with Crippen molar-refractivity contribution in [2.45, 2.75) is 0 Å². The predicted octanol–water partition coefficient (Wildman–Crippen LogP) is -4.01. The quantitative estimate of drug-likeness (QED) is 0.237. The fourth-order valence-electron chi connectivity index (χ4n) is 0. The second-order valence-corrected chi connectivity index (χ2v) is 2.90. The summed E-state index contributed by atoms with van der Waals surface area (Å²) in [6, 6.07) is 0. The average molecular weight is 654 g/mol. The molecule has 0 aliphatic heterocycles. The van der Waals surface area contributed by atoms with E-state index in [0.717, 1.165) is 0 Å². The molecule has 0 amide bonds. The molecule has 0 aliphatic carbocycles. The van der Waals surface area contributed by atoms with Gasteiger partial charge in [0, 0.05) is 0 Å². The molecule has 9 nitrogen and oxygen atoms in total. The molecule has 0 bridgehead atoms. The van der Waals surface area contributed by atoms with Gasteiger partial charge in [-0.25, -0.2) is 0 Å². The molecule has 0 spiro atoms.